The van der Waals surface area contributed by atoms with E-state index in [1.54, 1.807) is 12.4 Å². The molecule has 0 radical (unpaired) electrons. The van der Waals surface area contributed by atoms with E-state index in [1.165, 1.54) is 12.0 Å². The number of rotatable bonds is 1. The molecule has 3 heteroatoms. The Labute approximate surface area is 71.3 Å². The lowest BCUT2D eigenvalue weighted by Gasteiger charge is -1.98. The van der Waals surface area contributed by atoms with Crippen LogP contribution >= 0.6 is 0 Å². The predicted octanol–water partition coefficient (Wildman–Crippen LogP) is 1.63. The van der Waals surface area contributed by atoms with Gasteiger partial charge in [-0.3, -0.25) is 0 Å². The number of nitrogens with two attached hydrogens (primary N) is 1. The molecule has 0 amide bonds. The lowest BCUT2D eigenvalue weighted by molar-refractivity contribution is 0.927. The SMILES string of the molecule is Nc1cnc(C2=CCCC2)nc1. The predicted molar refractivity (Wildman–Crippen MR) is 48.3 cm³/mol. The number of nitrogens with zero attached hydrogens (tertiary/aromatic N) is 2. The minimum atomic E-state index is 0.623. The van der Waals surface area contributed by atoms with Crippen molar-refractivity contribution in [2.45, 2.75) is 19.3 Å². The summed E-state index contributed by atoms with van der Waals surface area (Å²) in [5, 5.41) is 0. The van der Waals surface area contributed by atoms with E-state index in [9.17, 15) is 0 Å². The van der Waals surface area contributed by atoms with Crippen molar-refractivity contribution in [2.24, 2.45) is 0 Å². The van der Waals surface area contributed by atoms with Gasteiger partial charge in [-0.1, -0.05) is 6.08 Å². The number of anilines is 1. The average molecular weight is 161 g/mol. The maximum atomic E-state index is 5.48. The van der Waals surface area contributed by atoms with Crippen LogP contribution in [-0.4, -0.2) is 9.97 Å². The van der Waals surface area contributed by atoms with Gasteiger partial charge in [-0.05, 0) is 24.8 Å². The van der Waals surface area contributed by atoms with E-state index in [0.29, 0.717) is 5.69 Å². The van der Waals surface area contributed by atoms with Crippen LogP contribution in [0.3, 0.4) is 0 Å². The highest BCUT2D eigenvalue weighted by Crippen LogP contribution is 2.24. The molecule has 12 heavy (non-hydrogen) atoms. The van der Waals surface area contributed by atoms with Crippen LogP contribution < -0.4 is 5.73 Å². The third-order valence-corrected chi connectivity index (χ3v) is 2.00. The Bertz CT molecular complexity index is 300. The molecule has 0 atom stereocenters. The maximum absolute atomic E-state index is 5.48. The molecule has 0 unspecified atom stereocenters. The third kappa shape index (κ3) is 1.30. The summed E-state index contributed by atoms with van der Waals surface area (Å²) in [4.78, 5) is 8.31. The van der Waals surface area contributed by atoms with E-state index >= 15 is 0 Å². The van der Waals surface area contributed by atoms with E-state index in [1.807, 2.05) is 0 Å². The van der Waals surface area contributed by atoms with Gasteiger partial charge in [-0.25, -0.2) is 9.97 Å². The van der Waals surface area contributed by atoms with Crippen LogP contribution in [-0.2, 0) is 0 Å². The third-order valence-electron chi connectivity index (χ3n) is 2.00. The quantitative estimate of drug-likeness (QED) is 0.681. The Hall–Kier alpha value is -1.38. The van der Waals surface area contributed by atoms with Crippen molar-refractivity contribution in [1.29, 1.82) is 0 Å². The molecule has 62 valence electrons. The minimum absolute atomic E-state index is 0.623. The van der Waals surface area contributed by atoms with Crippen LogP contribution in [0.15, 0.2) is 18.5 Å². The van der Waals surface area contributed by atoms with Crippen molar-refractivity contribution in [3.05, 3.63) is 24.3 Å². The molecule has 0 aromatic carbocycles. The smallest absolute Gasteiger partial charge is 0.154 e. The summed E-state index contributed by atoms with van der Waals surface area (Å²) < 4.78 is 0. The van der Waals surface area contributed by atoms with E-state index in [4.69, 9.17) is 5.73 Å². The fraction of sp³-hybridized carbons (Fsp3) is 0.333. The molecule has 0 saturated carbocycles. The molecular formula is C9H11N3. The van der Waals surface area contributed by atoms with Gasteiger partial charge in [0.15, 0.2) is 5.82 Å². The fourth-order valence-electron chi connectivity index (χ4n) is 1.38. The number of aromatic nitrogens is 2. The zero-order valence-electron chi connectivity index (χ0n) is 6.83. The first kappa shape index (κ1) is 7.28. The van der Waals surface area contributed by atoms with Crippen molar-refractivity contribution in [1.82, 2.24) is 9.97 Å². The van der Waals surface area contributed by atoms with Crippen LogP contribution in [0.5, 0.6) is 0 Å². The van der Waals surface area contributed by atoms with Crippen LogP contribution in [0.25, 0.3) is 5.57 Å². The van der Waals surface area contributed by atoms with Gasteiger partial charge in [0.05, 0.1) is 18.1 Å². The van der Waals surface area contributed by atoms with Gasteiger partial charge in [-0.2, -0.15) is 0 Å². The maximum Gasteiger partial charge on any atom is 0.154 e. The van der Waals surface area contributed by atoms with Crippen LogP contribution in [0.2, 0.25) is 0 Å². The minimum Gasteiger partial charge on any atom is -0.396 e. The standard InChI is InChI=1S/C9H11N3/c10-8-5-11-9(12-6-8)7-3-1-2-4-7/h3,5-6H,1-2,4,10H2. The van der Waals surface area contributed by atoms with Crippen LogP contribution in [0.1, 0.15) is 25.1 Å². The summed E-state index contributed by atoms with van der Waals surface area (Å²) in [6, 6.07) is 0. The second-order valence-electron chi connectivity index (χ2n) is 2.96. The first-order valence-electron chi connectivity index (χ1n) is 4.13. The summed E-state index contributed by atoms with van der Waals surface area (Å²) in [6.45, 7) is 0. The van der Waals surface area contributed by atoms with Gasteiger partial charge < -0.3 is 5.73 Å². The van der Waals surface area contributed by atoms with Gasteiger partial charge >= 0.3 is 0 Å². The van der Waals surface area contributed by atoms with Crippen LogP contribution in [0.4, 0.5) is 5.69 Å². The van der Waals surface area contributed by atoms with Gasteiger partial charge in [0, 0.05) is 0 Å². The van der Waals surface area contributed by atoms with E-state index in [2.05, 4.69) is 16.0 Å². The molecule has 1 aromatic heterocycles. The molecule has 0 spiro atoms. The molecular weight excluding hydrogens is 150 g/mol. The topological polar surface area (TPSA) is 51.8 Å². The largest absolute Gasteiger partial charge is 0.396 e. The number of nitrogen functional groups attached to an aromatic ring is 1. The van der Waals surface area contributed by atoms with Crippen molar-refractivity contribution in [3.8, 4) is 0 Å². The second kappa shape index (κ2) is 2.93. The van der Waals surface area contributed by atoms with Gasteiger partial charge in [0.25, 0.3) is 0 Å². The average Bonchev–Trinajstić information content (AvgIpc) is 2.58. The molecule has 1 aromatic rings. The van der Waals surface area contributed by atoms with Crippen molar-refractivity contribution >= 4 is 11.3 Å². The first-order valence-corrected chi connectivity index (χ1v) is 4.13. The molecule has 3 nitrogen and oxygen atoms in total. The molecule has 0 bridgehead atoms. The molecule has 0 aliphatic heterocycles. The molecule has 0 saturated heterocycles. The zero-order valence-corrected chi connectivity index (χ0v) is 6.83. The number of allylic oxidation sites excluding steroid dienone is 2. The Morgan fingerprint density at radius 2 is 2.00 bits per heavy atom. The second-order valence-corrected chi connectivity index (χ2v) is 2.96. The highest BCUT2D eigenvalue weighted by Gasteiger charge is 2.08. The Balaban J connectivity index is 2.28. The van der Waals surface area contributed by atoms with E-state index < -0.39 is 0 Å². The van der Waals surface area contributed by atoms with Gasteiger partial charge in [0.1, 0.15) is 0 Å². The number of hydrogen-bond acceptors (Lipinski definition) is 3. The molecule has 0 fully saturated rings. The summed E-state index contributed by atoms with van der Waals surface area (Å²) in [5.41, 5.74) is 7.36. The van der Waals surface area contributed by atoms with Crippen molar-refractivity contribution in [2.75, 3.05) is 5.73 Å². The monoisotopic (exact) mass is 161 g/mol. The van der Waals surface area contributed by atoms with E-state index in [0.717, 1.165) is 18.7 Å². The normalized spacial score (nSPS) is 16.2. The Morgan fingerprint density at radius 1 is 1.25 bits per heavy atom. The molecule has 2 N–H and O–H groups in total. The summed E-state index contributed by atoms with van der Waals surface area (Å²) in [7, 11) is 0. The lowest BCUT2D eigenvalue weighted by Crippen LogP contribution is -1.94. The lowest BCUT2D eigenvalue weighted by atomic mass is 10.2. The highest BCUT2D eigenvalue weighted by molar-refractivity contribution is 5.61. The molecule has 1 heterocycles. The molecule has 1 aliphatic rings. The molecule has 1 aliphatic carbocycles. The first-order chi connectivity index (χ1) is 5.86. The van der Waals surface area contributed by atoms with Gasteiger partial charge in [-0.15, -0.1) is 0 Å². The fourth-order valence-corrected chi connectivity index (χ4v) is 1.38. The molecule has 2 rings (SSSR count). The van der Waals surface area contributed by atoms with Gasteiger partial charge in [0.2, 0.25) is 0 Å². The summed E-state index contributed by atoms with van der Waals surface area (Å²) in [5.74, 6) is 0.835. The summed E-state index contributed by atoms with van der Waals surface area (Å²) >= 11 is 0. The zero-order chi connectivity index (χ0) is 8.39. The highest BCUT2D eigenvalue weighted by atomic mass is 14.9. The van der Waals surface area contributed by atoms with Crippen molar-refractivity contribution < 1.29 is 0 Å². The van der Waals surface area contributed by atoms with Crippen LogP contribution in [0, 0.1) is 0 Å². The summed E-state index contributed by atoms with van der Waals surface area (Å²) in [6.07, 6.45) is 8.99. The van der Waals surface area contributed by atoms with E-state index in [-0.39, 0.29) is 0 Å². The Morgan fingerprint density at radius 3 is 2.58 bits per heavy atom. The Kier molecular flexibility index (Phi) is 1.78. The van der Waals surface area contributed by atoms with Crippen molar-refractivity contribution in [3.63, 3.8) is 0 Å². The number of hydrogen-bond donors (Lipinski definition) is 1.